The lowest BCUT2D eigenvalue weighted by atomic mass is 10.2. The van der Waals surface area contributed by atoms with Gasteiger partial charge in [-0.25, -0.2) is 0 Å². The molecule has 0 radical (unpaired) electrons. The molecule has 0 saturated carbocycles. The van der Waals surface area contributed by atoms with Crippen molar-refractivity contribution >= 4 is 65.3 Å². The number of phenols is 2. The molecule has 4 N–H and O–H groups in total. The Hall–Kier alpha value is -2.66. The minimum absolute atomic E-state index is 0.0918. The number of thioether (sulfide) groups is 1. The Kier molecular flexibility index (Phi) is 10.6. The van der Waals surface area contributed by atoms with Crippen LogP contribution in [0, 0.1) is 0 Å². The number of phenolic OH excluding ortho intramolecular Hbond substituents is 2. The summed E-state index contributed by atoms with van der Waals surface area (Å²) in [4.78, 5) is 2.91. The van der Waals surface area contributed by atoms with Gasteiger partial charge in [-0.05, 0) is 48.8 Å². The van der Waals surface area contributed by atoms with Crippen molar-refractivity contribution in [1.82, 2.24) is 5.48 Å². The maximum Gasteiger partial charge on any atom is 0.283 e. The molecule has 4 rings (SSSR count). The number of anilines is 1. The summed E-state index contributed by atoms with van der Waals surface area (Å²) in [5.41, 5.74) is 4.88. The fourth-order valence-electron chi connectivity index (χ4n) is 4.41. The second kappa shape index (κ2) is 13.8. The van der Waals surface area contributed by atoms with Gasteiger partial charge in [-0.3, -0.25) is 4.55 Å². The van der Waals surface area contributed by atoms with E-state index < -0.39 is 20.2 Å². The number of allylic oxidation sites excluding steroid dienone is 2. The van der Waals surface area contributed by atoms with E-state index in [0.29, 0.717) is 32.5 Å². The third-order valence-electron chi connectivity index (χ3n) is 6.34. The SMILES string of the molecule is CCNOS(=O)(=O)CCCN1C(=CC(=Cc2sc3ccc(O)cc3[n+]2CCCS(=O)(=O)O)CC)Sc2ccc(O)cc21. The monoisotopic (exact) mass is 656 g/mol. The Morgan fingerprint density at radius 3 is 2.50 bits per heavy atom. The van der Waals surface area contributed by atoms with Crippen LogP contribution in [0.2, 0.25) is 0 Å². The molecule has 2 aromatic carbocycles. The molecule has 228 valence electrons. The van der Waals surface area contributed by atoms with E-state index in [0.717, 1.165) is 36.4 Å². The number of hydrogen-bond acceptors (Lipinski definition) is 11. The average Bonchev–Trinajstić information content (AvgIpc) is 3.43. The van der Waals surface area contributed by atoms with Crippen molar-refractivity contribution in [3.8, 4) is 11.5 Å². The summed E-state index contributed by atoms with van der Waals surface area (Å²) < 4.78 is 63.9. The summed E-state index contributed by atoms with van der Waals surface area (Å²) in [7, 11) is -7.85. The van der Waals surface area contributed by atoms with Gasteiger partial charge in [-0.1, -0.05) is 36.9 Å². The third-order valence-corrected chi connectivity index (χ3v) is 10.5. The summed E-state index contributed by atoms with van der Waals surface area (Å²) >= 11 is 3.02. The number of nitrogens with zero attached hydrogens (tertiary/aromatic N) is 2. The minimum atomic E-state index is -4.11. The molecule has 42 heavy (non-hydrogen) atoms. The Balaban J connectivity index is 1.66. The predicted molar refractivity (Wildman–Crippen MR) is 166 cm³/mol. The van der Waals surface area contributed by atoms with E-state index >= 15 is 0 Å². The molecule has 0 aliphatic carbocycles. The molecular formula is C27H34N3O8S4+. The summed E-state index contributed by atoms with van der Waals surface area (Å²) in [6, 6.07) is 10.1. The van der Waals surface area contributed by atoms with Gasteiger partial charge in [-0.15, -0.1) is 0 Å². The number of rotatable bonds is 14. The largest absolute Gasteiger partial charge is 0.508 e. The number of thiazole rings is 1. The van der Waals surface area contributed by atoms with Crippen LogP contribution >= 0.6 is 23.1 Å². The van der Waals surface area contributed by atoms with Crippen molar-refractivity contribution in [2.45, 2.75) is 44.6 Å². The Labute approximate surface area is 254 Å². The fraction of sp³-hybridized carbons (Fsp3) is 0.370. The minimum Gasteiger partial charge on any atom is -0.508 e. The number of hydrogen-bond donors (Lipinski definition) is 4. The van der Waals surface area contributed by atoms with Crippen LogP contribution in [0.1, 0.15) is 38.1 Å². The molecule has 1 aromatic heterocycles. The highest BCUT2D eigenvalue weighted by Crippen LogP contribution is 2.48. The van der Waals surface area contributed by atoms with Gasteiger partial charge < -0.3 is 15.1 Å². The lowest BCUT2D eigenvalue weighted by molar-refractivity contribution is -0.668. The second-order valence-electron chi connectivity index (χ2n) is 9.54. The number of benzene rings is 2. The summed E-state index contributed by atoms with van der Waals surface area (Å²) in [6.45, 7) is 4.80. The maximum absolute atomic E-state index is 12.2. The van der Waals surface area contributed by atoms with Gasteiger partial charge in [0.25, 0.3) is 25.2 Å². The van der Waals surface area contributed by atoms with Gasteiger partial charge in [0.2, 0.25) is 5.52 Å². The van der Waals surface area contributed by atoms with Crippen molar-refractivity contribution in [3.05, 3.63) is 58.1 Å². The van der Waals surface area contributed by atoms with Crippen LogP contribution in [-0.2, 0) is 31.1 Å². The molecule has 0 bridgehead atoms. The topological polar surface area (TPSA) is 157 Å². The fourth-order valence-corrected chi connectivity index (χ4v) is 8.06. The molecule has 0 unspecified atom stereocenters. The Morgan fingerprint density at radius 2 is 1.79 bits per heavy atom. The second-order valence-corrected chi connectivity index (χ2v) is 14.9. The van der Waals surface area contributed by atoms with Crippen molar-refractivity contribution in [2.24, 2.45) is 0 Å². The Bertz CT molecular complexity index is 1720. The van der Waals surface area contributed by atoms with E-state index in [-0.39, 0.29) is 29.4 Å². The maximum atomic E-state index is 12.2. The van der Waals surface area contributed by atoms with Crippen LogP contribution in [0.5, 0.6) is 11.5 Å². The first kappa shape index (κ1) is 32.3. The number of nitrogens with one attached hydrogen (secondary N) is 1. The standard InChI is InChI=1S/C27H33N3O8S4/c1-3-19(15-26-29(11-5-13-41(33,34)35)22-17-20(31)7-9-24(22)39-26)16-27-30(12-6-14-42(36,37)38-28-4-2)23-18-21(32)8-10-25(23)40-27/h7-10,15-18,28H,3-6,11-14H2,1-2H3,(H2-,31,32,33,34,35)/p+1. The molecule has 0 amide bonds. The summed E-state index contributed by atoms with van der Waals surface area (Å²) in [5.74, 6) is -0.365. The highest BCUT2D eigenvalue weighted by molar-refractivity contribution is 8.03. The molecule has 0 atom stereocenters. The molecule has 11 nitrogen and oxygen atoms in total. The zero-order valence-electron chi connectivity index (χ0n) is 23.2. The zero-order valence-corrected chi connectivity index (χ0v) is 26.5. The highest BCUT2D eigenvalue weighted by atomic mass is 32.2. The lowest BCUT2D eigenvalue weighted by Gasteiger charge is -2.21. The smallest absolute Gasteiger partial charge is 0.283 e. The van der Waals surface area contributed by atoms with Gasteiger partial charge in [0, 0.05) is 36.5 Å². The zero-order chi connectivity index (χ0) is 30.5. The first-order valence-corrected chi connectivity index (χ1v) is 18.2. The number of fused-ring (bicyclic) bond motifs is 2. The summed E-state index contributed by atoms with van der Waals surface area (Å²) in [6.07, 6.45) is 5.18. The van der Waals surface area contributed by atoms with E-state index in [9.17, 15) is 31.6 Å². The molecule has 3 aromatic rings. The molecule has 0 spiro atoms. The van der Waals surface area contributed by atoms with Crippen molar-refractivity contribution in [1.29, 1.82) is 0 Å². The van der Waals surface area contributed by atoms with Gasteiger partial charge in [0.05, 0.1) is 28.3 Å². The molecule has 2 heterocycles. The third kappa shape index (κ3) is 8.46. The van der Waals surface area contributed by atoms with E-state index in [1.54, 1.807) is 31.2 Å². The molecule has 15 heteroatoms. The normalized spacial score (nSPS) is 15.2. The summed E-state index contributed by atoms with van der Waals surface area (Å²) in [5, 5.41) is 22.0. The van der Waals surface area contributed by atoms with Gasteiger partial charge in [-0.2, -0.15) is 31.2 Å². The van der Waals surface area contributed by atoms with Gasteiger partial charge in [0.15, 0.2) is 6.54 Å². The number of aryl methyl sites for hydroxylation is 1. The molecule has 1 aliphatic heterocycles. The molecular weight excluding hydrogens is 623 g/mol. The number of aromatic hydroxyl groups is 2. The van der Waals surface area contributed by atoms with Crippen LogP contribution in [-0.4, -0.2) is 56.2 Å². The van der Waals surface area contributed by atoms with Crippen LogP contribution < -0.4 is 14.9 Å². The molecule has 1 aliphatic rings. The Morgan fingerprint density at radius 1 is 1.05 bits per heavy atom. The number of hydroxylamine groups is 1. The van der Waals surface area contributed by atoms with Crippen LogP contribution in [0.3, 0.4) is 0 Å². The molecule has 0 saturated heterocycles. The predicted octanol–water partition coefficient (Wildman–Crippen LogP) is 4.39. The van der Waals surface area contributed by atoms with Crippen molar-refractivity contribution < 1.29 is 40.5 Å². The average molecular weight is 657 g/mol. The number of aromatic nitrogens is 1. The highest BCUT2D eigenvalue weighted by Gasteiger charge is 2.27. The van der Waals surface area contributed by atoms with E-state index in [2.05, 4.69) is 5.48 Å². The van der Waals surface area contributed by atoms with Crippen LogP contribution in [0.25, 0.3) is 16.3 Å². The lowest BCUT2D eigenvalue weighted by Crippen LogP contribution is -2.36. The van der Waals surface area contributed by atoms with Crippen LogP contribution in [0.15, 0.2) is 58.0 Å². The van der Waals surface area contributed by atoms with Crippen LogP contribution in [0.4, 0.5) is 5.69 Å². The molecule has 0 fully saturated rings. The first-order chi connectivity index (χ1) is 19.9. The van der Waals surface area contributed by atoms with E-state index in [1.165, 1.54) is 23.1 Å². The van der Waals surface area contributed by atoms with E-state index in [4.69, 9.17) is 4.28 Å². The van der Waals surface area contributed by atoms with Crippen molar-refractivity contribution in [2.75, 3.05) is 29.5 Å². The first-order valence-electron chi connectivity index (χ1n) is 13.3. The van der Waals surface area contributed by atoms with Gasteiger partial charge in [0.1, 0.15) is 16.2 Å². The van der Waals surface area contributed by atoms with Gasteiger partial charge >= 0.3 is 0 Å². The van der Waals surface area contributed by atoms with Crippen molar-refractivity contribution in [3.63, 3.8) is 0 Å². The quantitative estimate of drug-likeness (QED) is 0.111. The van der Waals surface area contributed by atoms with E-state index in [1.807, 2.05) is 40.7 Å².